The van der Waals surface area contributed by atoms with Crippen molar-refractivity contribution >= 4 is 17.5 Å². The van der Waals surface area contributed by atoms with Crippen molar-refractivity contribution in [3.05, 3.63) is 77.5 Å². The topological polar surface area (TPSA) is 41.1 Å². The molecule has 0 spiro atoms. The quantitative estimate of drug-likeness (QED) is 0.766. The Balaban J connectivity index is 1.60. The number of rotatable bonds is 4. The number of anilines is 3. The standard InChI is InChI=1S/C21H22N4/c1-16-14-20(22-15-17-8-3-2-4-9-17)24-21(23-16)25-13-7-11-18-10-5-6-12-19(18)25/h2-6,8-10,12,14H,7,11,13,15H2,1H3,(H,22,23,24). The normalized spacial score (nSPS) is 13.4. The van der Waals surface area contributed by atoms with Crippen LogP contribution in [0.15, 0.2) is 60.7 Å². The summed E-state index contributed by atoms with van der Waals surface area (Å²) in [7, 11) is 0. The maximum absolute atomic E-state index is 4.77. The van der Waals surface area contributed by atoms with E-state index < -0.39 is 0 Å². The molecule has 0 atom stereocenters. The van der Waals surface area contributed by atoms with Gasteiger partial charge in [-0.2, -0.15) is 4.98 Å². The Morgan fingerprint density at radius 1 is 1.00 bits per heavy atom. The monoisotopic (exact) mass is 330 g/mol. The van der Waals surface area contributed by atoms with Gasteiger partial charge in [-0.05, 0) is 37.0 Å². The van der Waals surface area contributed by atoms with Crippen LogP contribution in [0.4, 0.5) is 17.5 Å². The summed E-state index contributed by atoms with van der Waals surface area (Å²) in [4.78, 5) is 11.7. The van der Waals surface area contributed by atoms with Gasteiger partial charge in [0.15, 0.2) is 0 Å². The number of hydrogen-bond donors (Lipinski definition) is 1. The average Bonchev–Trinajstić information content (AvgIpc) is 2.66. The van der Waals surface area contributed by atoms with E-state index in [4.69, 9.17) is 4.98 Å². The van der Waals surface area contributed by atoms with E-state index in [9.17, 15) is 0 Å². The Kier molecular flexibility index (Phi) is 4.34. The molecule has 1 aliphatic heterocycles. The molecule has 126 valence electrons. The average molecular weight is 330 g/mol. The van der Waals surface area contributed by atoms with Gasteiger partial charge < -0.3 is 10.2 Å². The molecular formula is C21H22N4. The molecule has 0 unspecified atom stereocenters. The number of nitrogens with zero attached hydrogens (tertiary/aromatic N) is 3. The number of aromatic nitrogens is 2. The van der Waals surface area contributed by atoms with Crippen LogP contribution in [0.25, 0.3) is 0 Å². The van der Waals surface area contributed by atoms with Gasteiger partial charge in [0, 0.05) is 30.5 Å². The summed E-state index contributed by atoms with van der Waals surface area (Å²) < 4.78 is 0. The van der Waals surface area contributed by atoms with Crippen LogP contribution in [-0.2, 0) is 13.0 Å². The van der Waals surface area contributed by atoms with E-state index in [2.05, 4.69) is 63.7 Å². The van der Waals surface area contributed by atoms with E-state index in [1.165, 1.54) is 16.8 Å². The number of aryl methyl sites for hydroxylation is 2. The van der Waals surface area contributed by atoms with Crippen LogP contribution >= 0.6 is 0 Å². The zero-order valence-corrected chi connectivity index (χ0v) is 14.4. The second kappa shape index (κ2) is 6.93. The van der Waals surface area contributed by atoms with Crippen molar-refractivity contribution in [3.63, 3.8) is 0 Å². The van der Waals surface area contributed by atoms with Crippen LogP contribution < -0.4 is 10.2 Å². The molecule has 0 saturated heterocycles. The number of para-hydroxylation sites is 1. The fourth-order valence-electron chi connectivity index (χ4n) is 3.29. The molecule has 4 heteroatoms. The van der Waals surface area contributed by atoms with E-state index in [0.29, 0.717) is 0 Å². The van der Waals surface area contributed by atoms with E-state index in [1.807, 2.05) is 19.1 Å². The second-order valence-corrected chi connectivity index (χ2v) is 6.42. The molecule has 0 amide bonds. The zero-order valence-electron chi connectivity index (χ0n) is 14.4. The van der Waals surface area contributed by atoms with Crippen LogP contribution in [0.2, 0.25) is 0 Å². The minimum Gasteiger partial charge on any atom is -0.366 e. The molecular weight excluding hydrogens is 308 g/mol. The Hall–Kier alpha value is -2.88. The minimum absolute atomic E-state index is 0.757. The Morgan fingerprint density at radius 2 is 1.80 bits per heavy atom. The fourth-order valence-corrected chi connectivity index (χ4v) is 3.29. The Labute approximate surface area is 148 Å². The van der Waals surface area contributed by atoms with E-state index in [0.717, 1.165) is 43.4 Å². The largest absolute Gasteiger partial charge is 0.366 e. The maximum Gasteiger partial charge on any atom is 0.232 e. The van der Waals surface area contributed by atoms with Crippen molar-refractivity contribution in [3.8, 4) is 0 Å². The predicted molar refractivity (Wildman–Crippen MR) is 102 cm³/mol. The number of benzene rings is 2. The summed E-state index contributed by atoms with van der Waals surface area (Å²) in [6.45, 7) is 3.74. The third-order valence-corrected chi connectivity index (χ3v) is 4.51. The highest BCUT2D eigenvalue weighted by molar-refractivity contribution is 5.64. The predicted octanol–water partition coefficient (Wildman–Crippen LogP) is 4.48. The van der Waals surface area contributed by atoms with Gasteiger partial charge in [-0.1, -0.05) is 48.5 Å². The fraction of sp³-hybridized carbons (Fsp3) is 0.238. The van der Waals surface area contributed by atoms with Gasteiger partial charge >= 0.3 is 0 Å². The highest BCUT2D eigenvalue weighted by Gasteiger charge is 2.20. The van der Waals surface area contributed by atoms with E-state index in [-0.39, 0.29) is 0 Å². The lowest BCUT2D eigenvalue weighted by Gasteiger charge is -2.29. The van der Waals surface area contributed by atoms with Gasteiger partial charge in [-0.15, -0.1) is 0 Å². The van der Waals surface area contributed by atoms with Crippen molar-refractivity contribution < 1.29 is 0 Å². The lowest BCUT2D eigenvalue weighted by molar-refractivity contribution is 0.749. The molecule has 3 aromatic rings. The molecule has 2 aromatic carbocycles. The van der Waals surface area contributed by atoms with Crippen molar-refractivity contribution in [2.75, 3.05) is 16.8 Å². The minimum atomic E-state index is 0.757. The van der Waals surface area contributed by atoms with Crippen molar-refractivity contribution in [2.45, 2.75) is 26.3 Å². The molecule has 0 radical (unpaired) electrons. The summed E-state index contributed by atoms with van der Waals surface area (Å²) in [6, 6.07) is 20.9. The van der Waals surface area contributed by atoms with E-state index in [1.54, 1.807) is 0 Å². The highest BCUT2D eigenvalue weighted by atomic mass is 15.3. The van der Waals surface area contributed by atoms with Crippen molar-refractivity contribution in [1.82, 2.24) is 9.97 Å². The third kappa shape index (κ3) is 3.48. The Bertz CT molecular complexity index is 861. The first-order chi connectivity index (χ1) is 12.3. The van der Waals surface area contributed by atoms with Crippen molar-refractivity contribution in [2.24, 2.45) is 0 Å². The molecule has 0 bridgehead atoms. The molecule has 1 aromatic heterocycles. The number of fused-ring (bicyclic) bond motifs is 1. The SMILES string of the molecule is Cc1cc(NCc2ccccc2)nc(N2CCCc3ccccc32)n1. The zero-order chi connectivity index (χ0) is 17.1. The van der Waals surface area contributed by atoms with Gasteiger partial charge in [0.2, 0.25) is 5.95 Å². The summed E-state index contributed by atoms with van der Waals surface area (Å²) in [5.74, 6) is 1.65. The molecule has 2 heterocycles. The van der Waals surface area contributed by atoms with Gasteiger partial charge in [0.05, 0.1) is 0 Å². The van der Waals surface area contributed by atoms with Gasteiger partial charge in [0.25, 0.3) is 0 Å². The third-order valence-electron chi connectivity index (χ3n) is 4.51. The van der Waals surface area contributed by atoms with Gasteiger partial charge in [-0.3, -0.25) is 0 Å². The summed E-state index contributed by atoms with van der Waals surface area (Å²) >= 11 is 0. The highest BCUT2D eigenvalue weighted by Crippen LogP contribution is 2.31. The first-order valence-electron chi connectivity index (χ1n) is 8.78. The van der Waals surface area contributed by atoms with Crippen LogP contribution in [0, 0.1) is 6.92 Å². The van der Waals surface area contributed by atoms with E-state index >= 15 is 0 Å². The first kappa shape index (κ1) is 15.6. The van der Waals surface area contributed by atoms with Gasteiger partial charge in [0.1, 0.15) is 5.82 Å². The van der Waals surface area contributed by atoms with Crippen LogP contribution in [0.5, 0.6) is 0 Å². The molecule has 25 heavy (non-hydrogen) atoms. The number of nitrogens with one attached hydrogen (secondary N) is 1. The molecule has 4 nitrogen and oxygen atoms in total. The molecule has 1 aliphatic rings. The maximum atomic E-state index is 4.77. The first-order valence-corrected chi connectivity index (χ1v) is 8.78. The summed E-state index contributed by atoms with van der Waals surface area (Å²) in [5, 5.41) is 3.43. The van der Waals surface area contributed by atoms with Gasteiger partial charge in [-0.25, -0.2) is 4.98 Å². The van der Waals surface area contributed by atoms with Crippen LogP contribution in [-0.4, -0.2) is 16.5 Å². The van der Waals surface area contributed by atoms with Crippen LogP contribution in [0.3, 0.4) is 0 Å². The molecule has 0 fully saturated rings. The molecule has 4 rings (SSSR count). The Morgan fingerprint density at radius 3 is 2.68 bits per heavy atom. The number of hydrogen-bond acceptors (Lipinski definition) is 4. The van der Waals surface area contributed by atoms with Crippen molar-refractivity contribution in [1.29, 1.82) is 0 Å². The lowest BCUT2D eigenvalue weighted by Crippen LogP contribution is -2.26. The smallest absolute Gasteiger partial charge is 0.232 e. The summed E-state index contributed by atoms with van der Waals surface area (Å²) in [5.41, 5.74) is 4.82. The summed E-state index contributed by atoms with van der Waals surface area (Å²) in [6.07, 6.45) is 2.25. The van der Waals surface area contributed by atoms with Crippen LogP contribution in [0.1, 0.15) is 23.2 Å². The lowest BCUT2D eigenvalue weighted by atomic mass is 10.0. The second-order valence-electron chi connectivity index (χ2n) is 6.42. The molecule has 0 aliphatic carbocycles. The molecule has 0 saturated carbocycles. The molecule has 1 N–H and O–H groups in total.